The maximum Gasteiger partial charge on any atom is 0.239 e. The maximum absolute atomic E-state index is 12.2. The minimum absolute atomic E-state index is 0.0166. The van der Waals surface area contributed by atoms with E-state index < -0.39 is 10.0 Å². The summed E-state index contributed by atoms with van der Waals surface area (Å²) in [5.41, 5.74) is 0.547. The molecule has 0 radical (unpaired) electrons. The van der Waals surface area contributed by atoms with Gasteiger partial charge in [-0.05, 0) is 38.8 Å². The van der Waals surface area contributed by atoms with Crippen molar-refractivity contribution in [2.45, 2.75) is 38.8 Å². The Hall–Kier alpha value is -1.60. The van der Waals surface area contributed by atoms with E-state index in [1.165, 1.54) is 4.31 Å². The second kappa shape index (κ2) is 6.66. The topological polar surface area (TPSA) is 75.7 Å². The minimum Gasteiger partial charge on any atom is -0.489 e. The second-order valence-electron chi connectivity index (χ2n) is 5.75. The lowest BCUT2D eigenvalue weighted by atomic mass is 10.3. The van der Waals surface area contributed by atoms with Crippen molar-refractivity contribution in [3.8, 4) is 5.75 Å². The van der Waals surface area contributed by atoms with Crippen molar-refractivity contribution in [3.05, 3.63) is 24.3 Å². The van der Waals surface area contributed by atoms with E-state index in [9.17, 15) is 13.2 Å². The number of nitrogens with zero attached hydrogens (tertiary/aromatic N) is 1. The van der Waals surface area contributed by atoms with Crippen molar-refractivity contribution < 1.29 is 17.9 Å². The Morgan fingerprint density at radius 2 is 2.00 bits per heavy atom. The van der Waals surface area contributed by atoms with Gasteiger partial charge in [-0.1, -0.05) is 12.1 Å². The Labute approximate surface area is 131 Å². The summed E-state index contributed by atoms with van der Waals surface area (Å²) in [5, 5.41) is 2.73. The smallest absolute Gasteiger partial charge is 0.239 e. The predicted molar refractivity (Wildman–Crippen MR) is 85.4 cm³/mol. The van der Waals surface area contributed by atoms with Gasteiger partial charge < -0.3 is 10.1 Å². The van der Waals surface area contributed by atoms with E-state index in [2.05, 4.69) is 5.32 Å². The number of benzene rings is 1. The first-order chi connectivity index (χ1) is 10.3. The number of rotatable bonds is 7. The van der Waals surface area contributed by atoms with Crippen LogP contribution >= 0.6 is 0 Å². The molecule has 0 atom stereocenters. The molecule has 122 valence electrons. The molecule has 0 aliphatic heterocycles. The number of nitrogens with one attached hydrogen (secondary N) is 1. The predicted octanol–water partition coefficient (Wildman–Crippen LogP) is 1.84. The summed E-state index contributed by atoms with van der Waals surface area (Å²) in [4.78, 5) is 12.2. The normalized spacial score (nSPS) is 15.1. The number of hydrogen-bond acceptors (Lipinski definition) is 4. The zero-order valence-corrected chi connectivity index (χ0v) is 13.9. The Bertz CT molecular complexity index is 639. The summed E-state index contributed by atoms with van der Waals surface area (Å²) in [7, 11) is -3.38. The quantitative estimate of drug-likeness (QED) is 0.829. The zero-order chi connectivity index (χ0) is 16.3. The molecule has 1 N–H and O–H groups in total. The lowest BCUT2D eigenvalue weighted by Gasteiger charge is -2.20. The summed E-state index contributed by atoms with van der Waals surface area (Å²) in [5.74, 6) is 0.209. The molecule has 1 saturated carbocycles. The lowest BCUT2D eigenvalue weighted by molar-refractivity contribution is -0.116. The highest BCUT2D eigenvalue weighted by Gasteiger charge is 2.36. The molecular weight excluding hydrogens is 304 g/mol. The van der Waals surface area contributed by atoms with Crippen LogP contribution in [0.2, 0.25) is 0 Å². The molecule has 1 aromatic carbocycles. The van der Waals surface area contributed by atoms with E-state index in [4.69, 9.17) is 4.74 Å². The van der Waals surface area contributed by atoms with Crippen LogP contribution < -0.4 is 10.1 Å². The van der Waals surface area contributed by atoms with E-state index in [0.29, 0.717) is 11.4 Å². The standard InChI is InChI=1S/C15H22N2O4S/c1-11(2)21-14-7-5-4-6-13(14)16-15(18)10-17(12-8-9-12)22(3,19)20/h4-7,11-12H,8-10H2,1-3H3,(H,16,18). The fourth-order valence-electron chi connectivity index (χ4n) is 2.14. The molecule has 0 unspecified atom stereocenters. The molecule has 0 heterocycles. The van der Waals surface area contributed by atoms with Gasteiger partial charge in [0.15, 0.2) is 0 Å². The van der Waals surface area contributed by atoms with Gasteiger partial charge in [0.05, 0.1) is 24.6 Å². The average Bonchev–Trinajstić information content (AvgIpc) is 3.20. The van der Waals surface area contributed by atoms with E-state index in [1.807, 2.05) is 19.9 Å². The number of hydrogen-bond donors (Lipinski definition) is 1. The molecule has 0 bridgehead atoms. The molecule has 2 rings (SSSR count). The van der Waals surface area contributed by atoms with Crippen LogP contribution in [0.1, 0.15) is 26.7 Å². The first-order valence-electron chi connectivity index (χ1n) is 7.29. The van der Waals surface area contributed by atoms with Crippen molar-refractivity contribution >= 4 is 21.6 Å². The third-order valence-electron chi connectivity index (χ3n) is 3.20. The molecule has 6 nitrogen and oxygen atoms in total. The lowest BCUT2D eigenvalue weighted by Crippen LogP contribution is -2.38. The van der Waals surface area contributed by atoms with Gasteiger partial charge in [-0.25, -0.2) is 8.42 Å². The zero-order valence-electron chi connectivity index (χ0n) is 13.1. The minimum atomic E-state index is -3.38. The Morgan fingerprint density at radius 1 is 1.36 bits per heavy atom. The molecule has 0 aromatic heterocycles. The van der Waals surface area contributed by atoms with Crippen LogP contribution in [-0.2, 0) is 14.8 Å². The first-order valence-corrected chi connectivity index (χ1v) is 9.14. The first kappa shape index (κ1) is 16.8. The van der Waals surface area contributed by atoms with Gasteiger partial charge >= 0.3 is 0 Å². The Morgan fingerprint density at radius 3 is 2.55 bits per heavy atom. The third kappa shape index (κ3) is 4.71. The molecule has 0 spiro atoms. The van der Waals surface area contributed by atoms with Crippen LogP contribution in [0.4, 0.5) is 5.69 Å². The third-order valence-corrected chi connectivity index (χ3v) is 4.48. The van der Waals surface area contributed by atoms with Gasteiger partial charge in [0.25, 0.3) is 0 Å². The van der Waals surface area contributed by atoms with Gasteiger partial charge in [0, 0.05) is 6.04 Å². The SMILES string of the molecule is CC(C)Oc1ccccc1NC(=O)CN(C1CC1)S(C)(=O)=O. The van der Waals surface area contributed by atoms with E-state index in [1.54, 1.807) is 18.2 Å². The van der Waals surface area contributed by atoms with E-state index in [0.717, 1.165) is 19.1 Å². The van der Waals surface area contributed by atoms with Crippen molar-refractivity contribution in [1.82, 2.24) is 4.31 Å². The fraction of sp³-hybridized carbons (Fsp3) is 0.533. The number of sulfonamides is 1. The van der Waals surface area contributed by atoms with Crippen LogP contribution in [0.15, 0.2) is 24.3 Å². The molecular formula is C15H22N2O4S. The summed E-state index contributed by atoms with van der Waals surface area (Å²) >= 11 is 0. The number of carbonyl (C=O) groups is 1. The van der Waals surface area contributed by atoms with Crippen molar-refractivity contribution in [1.29, 1.82) is 0 Å². The maximum atomic E-state index is 12.2. The number of anilines is 1. The Balaban J connectivity index is 2.06. The molecule has 1 amide bonds. The van der Waals surface area contributed by atoms with Gasteiger partial charge in [-0.3, -0.25) is 4.79 Å². The van der Waals surface area contributed by atoms with Crippen LogP contribution in [0.25, 0.3) is 0 Å². The molecule has 22 heavy (non-hydrogen) atoms. The molecule has 1 aromatic rings. The summed E-state index contributed by atoms with van der Waals surface area (Å²) < 4.78 is 30.4. The van der Waals surface area contributed by atoms with Crippen molar-refractivity contribution in [2.75, 3.05) is 18.1 Å². The highest BCUT2D eigenvalue weighted by atomic mass is 32.2. The molecule has 0 saturated heterocycles. The van der Waals surface area contributed by atoms with Crippen LogP contribution in [0, 0.1) is 0 Å². The molecule has 1 aliphatic rings. The Kier molecular flexibility index (Phi) is 5.08. The van der Waals surface area contributed by atoms with Gasteiger partial charge in [0.2, 0.25) is 15.9 Å². The number of para-hydroxylation sites is 2. The monoisotopic (exact) mass is 326 g/mol. The van der Waals surface area contributed by atoms with Crippen molar-refractivity contribution in [2.24, 2.45) is 0 Å². The van der Waals surface area contributed by atoms with Gasteiger partial charge in [-0.15, -0.1) is 0 Å². The highest BCUT2D eigenvalue weighted by molar-refractivity contribution is 7.88. The van der Waals surface area contributed by atoms with Crippen molar-refractivity contribution in [3.63, 3.8) is 0 Å². The molecule has 1 aliphatic carbocycles. The van der Waals surface area contributed by atoms with E-state index in [-0.39, 0.29) is 24.6 Å². The van der Waals surface area contributed by atoms with E-state index >= 15 is 0 Å². The molecule has 1 fully saturated rings. The summed E-state index contributed by atoms with van der Waals surface area (Å²) in [6, 6.07) is 7.07. The largest absolute Gasteiger partial charge is 0.489 e. The van der Waals surface area contributed by atoms with Crippen LogP contribution in [0.5, 0.6) is 5.75 Å². The highest BCUT2D eigenvalue weighted by Crippen LogP contribution is 2.29. The summed E-state index contributed by atoms with van der Waals surface area (Å²) in [6.07, 6.45) is 2.74. The van der Waals surface area contributed by atoms with Gasteiger partial charge in [-0.2, -0.15) is 4.31 Å². The second-order valence-corrected chi connectivity index (χ2v) is 7.69. The number of ether oxygens (including phenoxy) is 1. The number of amides is 1. The number of carbonyl (C=O) groups excluding carboxylic acids is 1. The van der Waals surface area contributed by atoms with Crippen LogP contribution in [-0.4, -0.2) is 43.6 Å². The molecule has 7 heteroatoms. The fourth-order valence-corrected chi connectivity index (χ4v) is 3.24. The summed E-state index contributed by atoms with van der Waals surface area (Å²) in [6.45, 7) is 3.63. The van der Waals surface area contributed by atoms with Crippen LogP contribution in [0.3, 0.4) is 0 Å². The average molecular weight is 326 g/mol. The van der Waals surface area contributed by atoms with Gasteiger partial charge in [0.1, 0.15) is 5.75 Å².